The molecule has 4 heterocycles. The molecule has 2 amide bonds. The number of likely N-dealkylation sites (tertiary alicyclic amines) is 1. The van der Waals surface area contributed by atoms with Gasteiger partial charge in [0, 0.05) is 31.5 Å². The molecule has 0 aromatic carbocycles. The Bertz CT molecular complexity index is 932. The van der Waals surface area contributed by atoms with E-state index in [-0.39, 0.29) is 24.1 Å². The third-order valence-electron chi connectivity index (χ3n) is 4.82. The monoisotopic (exact) mass is 345 g/mol. The Morgan fingerprint density at radius 3 is 2.88 bits per heavy atom. The summed E-state index contributed by atoms with van der Waals surface area (Å²) in [5.74, 6) is -0.385. The van der Waals surface area contributed by atoms with Crippen molar-refractivity contribution < 1.29 is 14.3 Å². The number of ether oxygens (including phenoxy) is 1. The number of carbonyl (C=O) groups is 2. The summed E-state index contributed by atoms with van der Waals surface area (Å²) < 4.78 is 6.78. The quantitative estimate of drug-likeness (QED) is 0.806. The number of hydrogen-bond acceptors (Lipinski definition) is 5. The van der Waals surface area contributed by atoms with Crippen LogP contribution in [0.2, 0.25) is 0 Å². The minimum Gasteiger partial charge on any atom is -0.439 e. The van der Waals surface area contributed by atoms with E-state index in [9.17, 15) is 14.4 Å². The maximum absolute atomic E-state index is 12.9. The zero-order valence-corrected chi connectivity index (χ0v) is 14.1. The molecule has 0 saturated carbocycles. The van der Waals surface area contributed by atoms with Crippen molar-refractivity contribution in [1.29, 1.82) is 0 Å². The van der Waals surface area contributed by atoms with Gasteiger partial charge in [-0.15, -0.1) is 0 Å². The highest BCUT2D eigenvalue weighted by Crippen LogP contribution is 2.31. The molecule has 0 bridgehead atoms. The second kappa shape index (κ2) is 5.33. The number of aryl methyl sites for hydroxylation is 1. The number of nitrogens with one attached hydrogen (secondary N) is 1. The molecule has 2 aromatic rings. The van der Waals surface area contributed by atoms with Crippen LogP contribution in [0.3, 0.4) is 0 Å². The summed E-state index contributed by atoms with van der Waals surface area (Å²) in [7, 11) is 1.68. The molecular weight excluding hydrogens is 326 g/mol. The van der Waals surface area contributed by atoms with E-state index in [1.807, 2.05) is 6.92 Å². The predicted molar refractivity (Wildman–Crippen MR) is 87.5 cm³/mol. The van der Waals surface area contributed by atoms with Gasteiger partial charge in [-0.2, -0.15) is 0 Å². The molecule has 2 aromatic heterocycles. The molecule has 0 radical (unpaired) electrons. The Morgan fingerprint density at radius 1 is 1.36 bits per heavy atom. The van der Waals surface area contributed by atoms with Crippen molar-refractivity contribution in [3.8, 4) is 0 Å². The van der Waals surface area contributed by atoms with Crippen molar-refractivity contribution >= 4 is 17.6 Å². The van der Waals surface area contributed by atoms with Gasteiger partial charge >= 0.3 is 6.09 Å². The maximum atomic E-state index is 12.9. The fourth-order valence-electron chi connectivity index (χ4n) is 3.67. The number of fused-ring (bicyclic) bond motifs is 1. The number of likely N-dealkylation sites (N-methyl/N-ethyl adjacent to an activating group) is 1. The first-order chi connectivity index (χ1) is 11.9. The molecule has 1 N–H and O–H groups in total. The van der Waals surface area contributed by atoms with Gasteiger partial charge in [-0.3, -0.25) is 14.7 Å². The molecule has 4 rings (SSSR count). The van der Waals surface area contributed by atoms with Crippen LogP contribution in [0, 0.1) is 6.92 Å². The number of rotatable bonds is 1. The second-order valence-electron chi connectivity index (χ2n) is 6.85. The Kier molecular flexibility index (Phi) is 3.34. The molecule has 2 aliphatic rings. The van der Waals surface area contributed by atoms with Crippen LogP contribution in [0.25, 0.3) is 5.65 Å². The maximum Gasteiger partial charge on any atom is 0.410 e. The molecule has 1 atom stereocenters. The number of hydrogen-bond donors (Lipinski definition) is 1. The lowest BCUT2D eigenvalue weighted by Gasteiger charge is -2.38. The minimum atomic E-state index is -0.684. The van der Waals surface area contributed by atoms with E-state index in [1.165, 1.54) is 15.6 Å². The molecule has 1 spiro atoms. The summed E-state index contributed by atoms with van der Waals surface area (Å²) in [6.07, 6.45) is 2.37. The first-order valence-electron chi connectivity index (χ1n) is 8.19. The minimum absolute atomic E-state index is 0.00841. The Labute approximate surface area is 143 Å². The van der Waals surface area contributed by atoms with Gasteiger partial charge in [0.05, 0.1) is 13.1 Å². The van der Waals surface area contributed by atoms with Crippen LogP contribution in [0.1, 0.15) is 28.9 Å². The number of amides is 2. The largest absolute Gasteiger partial charge is 0.439 e. The Morgan fingerprint density at radius 2 is 2.16 bits per heavy atom. The van der Waals surface area contributed by atoms with Crippen molar-refractivity contribution in [2.75, 3.05) is 26.7 Å². The molecule has 0 unspecified atom stereocenters. The number of piperidine rings is 1. The number of aromatic nitrogens is 3. The summed E-state index contributed by atoms with van der Waals surface area (Å²) in [6.45, 7) is 3.07. The van der Waals surface area contributed by atoms with Crippen LogP contribution in [-0.2, 0) is 4.74 Å². The highest BCUT2D eigenvalue weighted by atomic mass is 16.6. The van der Waals surface area contributed by atoms with Crippen LogP contribution in [0.4, 0.5) is 4.79 Å². The van der Waals surface area contributed by atoms with Crippen LogP contribution < -0.4 is 5.56 Å². The molecule has 2 aliphatic heterocycles. The van der Waals surface area contributed by atoms with E-state index >= 15 is 0 Å². The van der Waals surface area contributed by atoms with Gasteiger partial charge in [-0.25, -0.2) is 14.3 Å². The summed E-state index contributed by atoms with van der Waals surface area (Å²) in [4.78, 5) is 44.5. The SMILES string of the molecule is Cc1cc2ncc(C(=O)N3CCC[C@]4(CN(C)C(=O)O4)C3)c(=O)n2[nH]1. The van der Waals surface area contributed by atoms with Gasteiger partial charge < -0.3 is 14.5 Å². The molecule has 132 valence electrons. The molecule has 9 nitrogen and oxygen atoms in total. The van der Waals surface area contributed by atoms with E-state index < -0.39 is 11.2 Å². The van der Waals surface area contributed by atoms with Crippen LogP contribution in [0.15, 0.2) is 17.1 Å². The van der Waals surface area contributed by atoms with Crippen molar-refractivity contribution in [3.63, 3.8) is 0 Å². The van der Waals surface area contributed by atoms with Gasteiger partial charge in [-0.05, 0) is 19.8 Å². The van der Waals surface area contributed by atoms with Crippen molar-refractivity contribution in [1.82, 2.24) is 24.4 Å². The highest BCUT2D eigenvalue weighted by molar-refractivity contribution is 5.94. The molecule has 2 saturated heterocycles. The average Bonchev–Trinajstić information content (AvgIpc) is 3.07. The number of H-pyrrole nitrogens is 1. The second-order valence-corrected chi connectivity index (χ2v) is 6.85. The van der Waals surface area contributed by atoms with Crippen LogP contribution in [0.5, 0.6) is 0 Å². The average molecular weight is 345 g/mol. The molecule has 25 heavy (non-hydrogen) atoms. The van der Waals surface area contributed by atoms with E-state index in [2.05, 4.69) is 10.1 Å². The Hall–Kier alpha value is -2.84. The fourth-order valence-corrected chi connectivity index (χ4v) is 3.67. The Balaban J connectivity index is 1.64. The van der Waals surface area contributed by atoms with Crippen molar-refractivity contribution in [2.45, 2.75) is 25.4 Å². The van der Waals surface area contributed by atoms with Gasteiger partial charge in [0.15, 0.2) is 5.65 Å². The van der Waals surface area contributed by atoms with E-state index in [1.54, 1.807) is 18.0 Å². The standard InChI is InChI=1S/C16H19N5O4/c1-10-6-12-17-7-11(14(23)21(12)18-10)13(22)20-5-3-4-16(9-20)8-19(2)15(24)25-16/h6-7,18H,3-5,8-9H2,1-2H3/t16-/m0/s1. The van der Waals surface area contributed by atoms with Gasteiger partial charge in [0.2, 0.25) is 0 Å². The smallest absolute Gasteiger partial charge is 0.410 e. The first-order valence-corrected chi connectivity index (χ1v) is 8.19. The summed E-state index contributed by atoms with van der Waals surface area (Å²) >= 11 is 0. The number of nitrogens with zero attached hydrogens (tertiary/aromatic N) is 4. The van der Waals surface area contributed by atoms with E-state index in [4.69, 9.17) is 4.74 Å². The number of carbonyl (C=O) groups excluding carboxylic acids is 2. The zero-order chi connectivity index (χ0) is 17.8. The lowest BCUT2D eigenvalue weighted by atomic mass is 9.92. The molecular formula is C16H19N5O4. The molecule has 2 fully saturated rings. The van der Waals surface area contributed by atoms with Crippen LogP contribution >= 0.6 is 0 Å². The number of aromatic amines is 1. The van der Waals surface area contributed by atoms with Gasteiger partial charge in [-0.1, -0.05) is 0 Å². The van der Waals surface area contributed by atoms with Gasteiger partial charge in [0.25, 0.3) is 11.5 Å². The lowest BCUT2D eigenvalue weighted by Crippen LogP contribution is -2.53. The summed E-state index contributed by atoms with van der Waals surface area (Å²) in [6, 6.07) is 1.74. The van der Waals surface area contributed by atoms with Crippen molar-refractivity contribution in [3.05, 3.63) is 33.9 Å². The highest BCUT2D eigenvalue weighted by Gasteiger charge is 2.47. The summed E-state index contributed by atoms with van der Waals surface area (Å²) in [5.41, 5.74) is 0.154. The first kappa shape index (κ1) is 15.7. The summed E-state index contributed by atoms with van der Waals surface area (Å²) in [5, 5.41) is 2.88. The van der Waals surface area contributed by atoms with E-state index in [0.717, 1.165) is 5.69 Å². The van der Waals surface area contributed by atoms with Crippen molar-refractivity contribution in [2.24, 2.45) is 0 Å². The van der Waals surface area contributed by atoms with Gasteiger partial charge in [0.1, 0.15) is 11.2 Å². The topological polar surface area (TPSA) is 100 Å². The third kappa shape index (κ3) is 2.46. The third-order valence-corrected chi connectivity index (χ3v) is 4.82. The lowest BCUT2D eigenvalue weighted by molar-refractivity contribution is -0.00530. The van der Waals surface area contributed by atoms with Crippen LogP contribution in [-0.4, -0.2) is 68.7 Å². The molecule has 9 heteroatoms. The normalized spacial score (nSPS) is 23.5. The van der Waals surface area contributed by atoms with E-state index in [0.29, 0.717) is 31.6 Å². The fraction of sp³-hybridized carbons (Fsp3) is 0.500. The predicted octanol–water partition coefficient (Wildman–Crippen LogP) is 0.388. The molecule has 0 aliphatic carbocycles. The zero-order valence-electron chi connectivity index (χ0n) is 14.1.